The molecule has 0 spiro atoms. The minimum atomic E-state index is -0.724. The number of rotatable bonds is 2. The van der Waals surface area contributed by atoms with Gasteiger partial charge in [-0.25, -0.2) is 0 Å². The molecule has 1 aliphatic rings. The second kappa shape index (κ2) is 4.34. The molecule has 86 valence electrons. The molecule has 1 N–H and O–H groups in total. The maximum atomic E-state index is 10.9. The van der Waals surface area contributed by atoms with Crippen molar-refractivity contribution in [2.24, 2.45) is 5.92 Å². The Balaban J connectivity index is 2.33. The Kier molecular flexibility index (Phi) is 3.06. The number of hydrogen-bond acceptors (Lipinski definition) is 2. The second-order valence-corrected chi connectivity index (χ2v) is 4.44. The van der Waals surface area contributed by atoms with Crippen LogP contribution in [0.1, 0.15) is 17.5 Å². The number of carboxylic acid groups (broad SMARTS) is 1. The number of benzene rings is 1. The van der Waals surface area contributed by atoms with Gasteiger partial charge in [0, 0.05) is 0 Å². The zero-order valence-corrected chi connectivity index (χ0v) is 9.75. The average Bonchev–Trinajstić information content (AvgIpc) is 2.27. The van der Waals surface area contributed by atoms with E-state index in [4.69, 9.17) is 21.4 Å². The zero-order chi connectivity index (χ0) is 11.7. The van der Waals surface area contributed by atoms with Gasteiger partial charge in [0.1, 0.15) is 5.75 Å². The van der Waals surface area contributed by atoms with Gasteiger partial charge >= 0.3 is 5.97 Å². The number of carbonyl (C=O) groups is 1. The van der Waals surface area contributed by atoms with E-state index in [1.54, 1.807) is 7.11 Å². The summed E-state index contributed by atoms with van der Waals surface area (Å²) in [4.78, 5) is 10.9. The predicted molar refractivity (Wildman–Crippen MR) is 61.2 cm³/mol. The highest BCUT2D eigenvalue weighted by atomic mass is 35.5. The molecule has 3 nitrogen and oxygen atoms in total. The highest BCUT2D eigenvalue weighted by molar-refractivity contribution is 6.32. The smallest absolute Gasteiger partial charge is 0.306 e. The maximum Gasteiger partial charge on any atom is 0.306 e. The molecule has 0 heterocycles. The fourth-order valence-corrected chi connectivity index (χ4v) is 2.39. The number of fused-ring (bicyclic) bond motifs is 1. The lowest BCUT2D eigenvalue weighted by molar-refractivity contribution is -0.142. The summed E-state index contributed by atoms with van der Waals surface area (Å²) in [5.41, 5.74) is 2.18. The molecule has 4 heteroatoms. The average molecular weight is 241 g/mol. The normalized spacial score (nSPS) is 19.0. The molecule has 1 aliphatic carbocycles. The van der Waals surface area contributed by atoms with E-state index in [1.807, 2.05) is 12.1 Å². The molecule has 0 aromatic heterocycles. The van der Waals surface area contributed by atoms with E-state index in [2.05, 4.69) is 0 Å². The summed E-state index contributed by atoms with van der Waals surface area (Å²) >= 11 is 6.02. The van der Waals surface area contributed by atoms with Gasteiger partial charge < -0.3 is 9.84 Å². The van der Waals surface area contributed by atoms with Crippen molar-refractivity contribution in [1.29, 1.82) is 0 Å². The summed E-state index contributed by atoms with van der Waals surface area (Å²) in [7, 11) is 1.58. The molecule has 0 bridgehead atoms. The zero-order valence-electron chi connectivity index (χ0n) is 9.00. The van der Waals surface area contributed by atoms with Gasteiger partial charge in [0.25, 0.3) is 0 Å². The summed E-state index contributed by atoms with van der Waals surface area (Å²) in [6.45, 7) is 0. The van der Waals surface area contributed by atoms with Crippen molar-refractivity contribution in [2.75, 3.05) is 7.11 Å². The molecule has 0 amide bonds. The number of carboxylic acids is 1. The van der Waals surface area contributed by atoms with E-state index in [1.165, 1.54) is 0 Å². The van der Waals surface area contributed by atoms with Gasteiger partial charge in [0.15, 0.2) is 0 Å². The number of hydrogen-bond donors (Lipinski definition) is 1. The lowest BCUT2D eigenvalue weighted by atomic mass is 9.84. The van der Waals surface area contributed by atoms with Crippen molar-refractivity contribution < 1.29 is 14.6 Å². The summed E-state index contributed by atoms with van der Waals surface area (Å²) in [6.07, 6.45) is 2.03. The van der Waals surface area contributed by atoms with Crippen molar-refractivity contribution in [3.8, 4) is 5.75 Å². The SMILES string of the molecule is COc1cc2c(cc1Cl)CC(C(=O)O)CC2. The number of methoxy groups -OCH3 is 1. The third kappa shape index (κ3) is 2.00. The van der Waals surface area contributed by atoms with Crippen LogP contribution in [-0.2, 0) is 17.6 Å². The minimum Gasteiger partial charge on any atom is -0.495 e. The molecule has 0 aliphatic heterocycles. The van der Waals surface area contributed by atoms with Crippen LogP contribution in [-0.4, -0.2) is 18.2 Å². The van der Waals surface area contributed by atoms with E-state index in [9.17, 15) is 4.79 Å². The van der Waals surface area contributed by atoms with Gasteiger partial charge in [-0.1, -0.05) is 11.6 Å². The number of halogens is 1. The van der Waals surface area contributed by atoms with Crippen molar-refractivity contribution >= 4 is 17.6 Å². The molecular formula is C12H13ClO3. The van der Waals surface area contributed by atoms with Crippen LogP contribution < -0.4 is 4.74 Å². The fraction of sp³-hybridized carbons (Fsp3) is 0.417. The number of aryl methyl sites for hydroxylation is 1. The molecule has 0 fully saturated rings. The summed E-state index contributed by atoms with van der Waals surface area (Å²) < 4.78 is 5.14. The van der Waals surface area contributed by atoms with Crippen LogP contribution in [0.15, 0.2) is 12.1 Å². The fourth-order valence-electron chi connectivity index (χ4n) is 2.12. The van der Waals surface area contributed by atoms with Crippen molar-refractivity contribution in [2.45, 2.75) is 19.3 Å². The molecule has 0 radical (unpaired) electrons. The molecule has 1 aromatic carbocycles. The van der Waals surface area contributed by atoms with Gasteiger partial charge in [-0.3, -0.25) is 4.79 Å². The van der Waals surface area contributed by atoms with Gasteiger partial charge in [0.2, 0.25) is 0 Å². The molecule has 16 heavy (non-hydrogen) atoms. The monoisotopic (exact) mass is 240 g/mol. The third-order valence-corrected chi connectivity index (χ3v) is 3.35. The molecule has 0 saturated heterocycles. The first kappa shape index (κ1) is 11.3. The Bertz CT molecular complexity index is 429. The minimum absolute atomic E-state index is 0.281. The summed E-state index contributed by atoms with van der Waals surface area (Å²) in [6, 6.07) is 3.74. The largest absolute Gasteiger partial charge is 0.495 e. The predicted octanol–water partition coefficient (Wildman–Crippen LogP) is 2.54. The molecule has 1 aromatic rings. The number of aliphatic carboxylic acids is 1. The Labute approximate surface area is 99.0 Å². The van der Waals surface area contributed by atoms with E-state index >= 15 is 0 Å². The lowest BCUT2D eigenvalue weighted by Gasteiger charge is -2.22. The van der Waals surface area contributed by atoms with E-state index < -0.39 is 5.97 Å². The van der Waals surface area contributed by atoms with Crippen LogP contribution in [0.3, 0.4) is 0 Å². The van der Waals surface area contributed by atoms with E-state index in [0.29, 0.717) is 23.6 Å². The highest BCUT2D eigenvalue weighted by Crippen LogP contribution is 2.33. The van der Waals surface area contributed by atoms with Crippen molar-refractivity contribution in [3.05, 3.63) is 28.3 Å². The second-order valence-electron chi connectivity index (χ2n) is 4.03. The van der Waals surface area contributed by atoms with Crippen LogP contribution in [0.25, 0.3) is 0 Å². The standard InChI is InChI=1S/C12H13ClO3/c1-16-11-6-7-2-3-8(12(14)15)4-9(7)5-10(11)13/h5-6,8H,2-4H2,1H3,(H,14,15). The molecule has 1 unspecified atom stereocenters. The van der Waals surface area contributed by atoms with Crippen LogP contribution in [0.2, 0.25) is 5.02 Å². The molecule has 0 saturated carbocycles. The molecular weight excluding hydrogens is 228 g/mol. The van der Waals surface area contributed by atoms with Crippen LogP contribution in [0.4, 0.5) is 0 Å². The van der Waals surface area contributed by atoms with Crippen LogP contribution in [0, 0.1) is 5.92 Å². The summed E-state index contributed by atoms with van der Waals surface area (Å²) in [5.74, 6) is -0.344. The van der Waals surface area contributed by atoms with Crippen LogP contribution in [0.5, 0.6) is 5.75 Å². The Morgan fingerprint density at radius 1 is 1.50 bits per heavy atom. The topological polar surface area (TPSA) is 46.5 Å². The van der Waals surface area contributed by atoms with Crippen molar-refractivity contribution in [3.63, 3.8) is 0 Å². The van der Waals surface area contributed by atoms with Gasteiger partial charge in [-0.2, -0.15) is 0 Å². The Morgan fingerprint density at radius 3 is 2.88 bits per heavy atom. The van der Waals surface area contributed by atoms with Crippen LogP contribution >= 0.6 is 11.6 Å². The third-order valence-electron chi connectivity index (χ3n) is 3.05. The Hall–Kier alpha value is -1.22. The number of ether oxygens (including phenoxy) is 1. The quantitative estimate of drug-likeness (QED) is 0.864. The lowest BCUT2D eigenvalue weighted by Crippen LogP contribution is -2.22. The highest BCUT2D eigenvalue weighted by Gasteiger charge is 2.25. The van der Waals surface area contributed by atoms with Crippen molar-refractivity contribution in [1.82, 2.24) is 0 Å². The van der Waals surface area contributed by atoms with E-state index in [-0.39, 0.29) is 5.92 Å². The van der Waals surface area contributed by atoms with E-state index in [0.717, 1.165) is 17.5 Å². The molecule has 2 rings (SSSR count). The first-order chi connectivity index (χ1) is 7.61. The maximum absolute atomic E-state index is 10.9. The Morgan fingerprint density at radius 2 is 2.25 bits per heavy atom. The molecule has 1 atom stereocenters. The van der Waals surface area contributed by atoms with Gasteiger partial charge in [-0.05, 0) is 42.5 Å². The van der Waals surface area contributed by atoms with Gasteiger partial charge in [0.05, 0.1) is 18.1 Å². The summed E-state index contributed by atoms with van der Waals surface area (Å²) in [5, 5.41) is 9.52. The van der Waals surface area contributed by atoms with Gasteiger partial charge in [-0.15, -0.1) is 0 Å². The first-order valence-electron chi connectivity index (χ1n) is 5.20. The first-order valence-corrected chi connectivity index (χ1v) is 5.57.